The summed E-state index contributed by atoms with van der Waals surface area (Å²) in [5.74, 6) is 0.663. The average Bonchev–Trinajstić information content (AvgIpc) is 2.87. The van der Waals surface area contributed by atoms with Gasteiger partial charge in [0.2, 0.25) is 0 Å². The Bertz CT molecular complexity index is 1280. The number of aryl methyl sites for hydroxylation is 1. The van der Waals surface area contributed by atoms with Crippen molar-refractivity contribution in [2.24, 2.45) is 0 Å². The van der Waals surface area contributed by atoms with Crippen LogP contribution in [0.1, 0.15) is 21.6 Å². The third-order valence-corrected chi connectivity index (χ3v) is 5.14. The molecule has 0 atom stereocenters. The maximum Gasteiger partial charge on any atom is 0.257 e. The van der Waals surface area contributed by atoms with Crippen molar-refractivity contribution in [2.45, 2.75) is 13.5 Å². The first-order chi connectivity index (χ1) is 16.1. The maximum atomic E-state index is 13.3. The number of hydrogen-bond acceptors (Lipinski definition) is 6. The highest BCUT2D eigenvalue weighted by molar-refractivity contribution is 6.01. The number of rotatable bonds is 7. The van der Waals surface area contributed by atoms with Gasteiger partial charge in [0.25, 0.3) is 11.8 Å². The van der Waals surface area contributed by atoms with E-state index in [4.69, 9.17) is 9.47 Å². The number of amides is 1. The van der Waals surface area contributed by atoms with Gasteiger partial charge >= 0.3 is 0 Å². The van der Waals surface area contributed by atoms with E-state index in [1.807, 2.05) is 49.4 Å². The van der Waals surface area contributed by atoms with E-state index in [-0.39, 0.29) is 12.5 Å². The molecule has 7 heteroatoms. The summed E-state index contributed by atoms with van der Waals surface area (Å²) in [7, 11) is 3.08. The summed E-state index contributed by atoms with van der Waals surface area (Å²) in [6.07, 6.45) is 3.46. The molecule has 7 nitrogen and oxygen atoms in total. The topological polar surface area (TPSA) is 86.2 Å². The van der Waals surface area contributed by atoms with Gasteiger partial charge in [0.1, 0.15) is 0 Å². The Kier molecular flexibility index (Phi) is 6.59. The van der Waals surface area contributed by atoms with Crippen molar-refractivity contribution < 1.29 is 14.3 Å². The molecule has 0 radical (unpaired) electrons. The van der Waals surface area contributed by atoms with Crippen LogP contribution in [0.2, 0.25) is 0 Å². The molecule has 4 aromatic rings. The Balaban J connectivity index is 1.66. The van der Waals surface area contributed by atoms with Gasteiger partial charge in [-0.15, -0.1) is 0 Å². The van der Waals surface area contributed by atoms with Crippen molar-refractivity contribution in [2.75, 3.05) is 14.2 Å². The number of carbonyl (C=O) groups excluding carboxylic acids is 1. The van der Waals surface area contributed by atoms with Gasteiger partial charge in [-0.3, -0.25) is 14.8 Å². The van der Waals surface area contributed by atoms with Crippen LogP contribution in [0, 0.1) is 6.92 Å². The van der Waals surface area contributed by atoms with Gasteiger partial charge < -0.3 is 14.8 Å². The molecule has 3 heterocycles. The zero-order valence-corrected chi connectivity index (χ0v) is 18.7. The van der Waals surface area contributed by atoms with E-state index in [0.717, 1.165) is 16.7 Å². The van der Waals surface area contributed by atoms with Gasteiger partial charge in [0.15, 0.2) is 5.75 Å². The Morgan fingerprint density at radius 1 is 0.939 bits per heavy atom. The quantitative estimate of drug-likeness (QED) is 0.457. The standard InChI is InChI=1S/C26H24N4O3/c1-17-11-12-27-22(13-17)23-14-20(21(16-28-23)18-7-5-4-6-8-18)25(31)29-15-19-9-10-24(32-2)26(30-19)33-3/h4-14,16H,15H2,1-3H3,(H,29,31). The second-order valence-corrected chi connectivity index (χ2v) is 7.40. The zero-order chi connectivity index (χ0) is 23.2. The zero-order valence-electron chi connectivity index (χ0n) is 18.7. The molecule has 0 fully saturated rings. The molecule has 1 N–H and O–H groups in total. The van der Waals surface area contributed by atoms with Gasteiger partial charge in [-0.1, -0.05) is 30.3 Å². The second kappa shape index (κ2) is 9.91. The summed E-state index contributed by atoms with van der Waals surface area (Å²) >= 11 is 0. The highest BCUT2D eigenvalue weighted by atomic mass is 16.5. The third-order valence-electron chi connectivity index (χ3n) is 5.14. The molecule has 0 aliphatic rings. The molecule has 0 aliphatic heterocycles. The molecule has 1 amide bonds. The largest absolute Gasteiger partial charge is 0.491 e. The van der Waals surface area contributed by atoms with Gasteiger partial charge in [-0.2, -0.15) is 0 Å². The first kappa shape index (κ1) is 22.0. The molecular weight excluding hydrogens is 416 g/mol. The Hall–Kier alpha value is -4.26. The van der Waals surface area contributed by atoms with Gasteiger partial charge in [0.05, 0.1) is 43.4 Å². The summed E-state index contributed by atoms with van der Waals surface area (Å²) < 4.78 is 10.5. The van der Waals surface area contributed by atoms with Crippen LogP contribution in [0.3, 0.4) is 0 Å². The summed E-state index contributed by atoms with van der Waals surface area (Å²) in [4.78, 5) is 26.7. The van der Waals surface area contributed by atoms with Crippen LogP contribution in [-0.2, 0) is 6.54 Å². The minimum atomic E-state index is -0.234. The lowest BCUT2D eigenvalue weighted by Gasteiger charge is -2.13. The van der Waals surface area contributed by atoms with Gasteiger partial charge in [0, 0.05) is 18.0 Å². The van der Waals surface area contributed by atoms with Crippen molar-refractivity contribution in [1.29, 1.82) is 0 Å². The number of nitrogens with zero attached hydrogens (tertiary/aromatic N) is 3. The highest BCUT2D eigenvalue weighted by Gasteiger charge is 2.17. The van der Waals surface area contributed by atoms with Crippen molar-refractivity contribution in [3.05, 3.63) is 89.9 Å². The molecular formula is C26H24N4O3. The fourth-order valence-corrected chi connectivity index (χ4v) is 3.44. The lowest BCUT2D eigenvalue weighted by molar-refractivity contribution is 0.0951. The lowest BCUT2D eigenvalue weighted by atomic mass is 9.99. The molecule has 4 rings (SSSR count). The van der Waals surface area contributed by atoms with E-state index in [9.17, 15) is 4.79 Å². The average molecular weight is 441 g/mol. The molecule has 0 saturated carbocycles. The minimum absolute atomic E-state index is 0.230. The smallest absolute Gasteiger partial charge is 0.257 e. The molecule has 33 heavy (non-hydrogen) atoms. The molecule has 0 unspecified atom stereocenters. The molecule has 0 spiro atoms. The van der Waals surface area contributed by atoms with E-state index in [0.29, 0.717) is 34.3 Å². The van der Waals surface area contributed by atoms with E-state index in [1.54, 1.807) is 37.7 Å². The van der Waals surface area contributed by atoms with Gasteiger partial charge in [-0.25, -0.2) is 4.98 Å². The molecule has 0 saturated heterocycles. The lowest BCUT2D eigenvalue weighted by Crippen LogP contribution is -2.24. The fourth-order valence-electron chi connectivity index (χ4n) is 3.44. The van der Waals surface area contributed by atoms with Crippen LogP contribution >= 0.6 is 0 Å². The monoisotopic (exact) mass is 440 g/mol. The van der Waals surface area contributed by atoms with Crippen LogP contribution in [0.5, 0.6) is 11.6 Å². The van der Waals surface area contributed by atoms with E-state index in [2.05, 4.69) is 20.3 Å². The number of methoxy groups -OCH3 is 2. The minimum Gasteiger partial charge on any atom is -0.491 e. The number of nitrogens with one attached hydrogen (secondary N) is 1. The van der Waals surface area contributed by atoms with Crippen LogP contribution in [0.4, 0.5) is 0 Å². The number of aromatic nitrogens is 3. The summed E-state index contributed by atoms with van der Waals surface area (Å²) in [6.45, 7) is 2.22. The first-order valence-electron chi connectivity index (χ1n) is 10.4. The summed E-state index contributed by atoms with van der Waals surface area (Å²) in [5.41, 5.74) is 5.22. The van der Waals surface area contributed by atoms with Crippen molar-refractivity contribution in [1.82, 2.24) is 20.3 Å². The molecule has 3 aromatic heterocycles. The Labute approximate surface area is 192 Å². The van der Waals surface area contributed by atoms with Crippen molar-refractivity contribution in [3.63, 3.8) is 0 Å². The Morgan fingerprint density at radius 2 is 1.73 bits per heavy atom. The maximum absolute atomic E-state index is 13.3. The van der Waals surface area contributed by atoms with Crippen LogP contribution < -0.4 is 14.8 Å². The normalized spacial score (nSPS) is 10.5. The second-order valence-electron chi connectivity index (χ2n) is 7.40. The first-order valence-corrected chi connectivity index (χ1v) is 10.4. The van der Waals surface area contributed by atoms with Crippen molar-refractivity contribution in [3.8, 4) is 34.1 Å². The van der Waals surface area contributed by atoms with E-state index in [1.165, 1.54) is 7.11 Å². The summed E-state index contributed by atoms with van der Waals surface area (Å²) in [6, 6.07) is 18.9. The molecule has 0 bridgehead atoms. The van der Waals surface area contributed by atoms with E-state index >= 15 is 0 Å². The molecule has 166 valence electrons. The third kappa shape index (κ3) is 4.98. The molecule has 0 aliphatic carbocycles. The number of benzene rings is 1. The number of hydrogen-bond donors (Lipinski definition) is 1. The number of carbonyl (C=O) groups is 1. The van der Waals surface area contributed by atoms with E-state index < -0.39 is 0 Å². The van der Waals surface area contributed by atoms with Crippen LogP contribution in [0.25, 0.3) is 22.5 Å². The predicted octanol–water partition coefficient (Wildman–Crippen LogP) is 4.46. The Morgan fingerprint density at radius 3 is 2.45 bits per heavy atom. The molecule has 1 aromatic carbocycles. The van der Waals surface area contributed by atoms with Gasteiger partial charge in [-0.05, 0) is 48.4 Å². The predicted molar refractivity (Wildman–Crippen MR) is 126 cm³/mol. The highest BCUT2D eigenvalue weighted by Crippen LogP contribution is 2.27. The SMILES string of the molecule is COc1ccc(CNC(=O)c2cc(-c3cc(C)ccn3)ncc2-c2ccccc2)nc1OC. The van der Waals surface area contributed by atoms with Crippen molar-refractivity contribution >= 4 is 5.91 Å². The summed E-state index contributed by atoms with van der Waals surface area (Å²) in [5, 5.41) is 2.96. The fraction of sp³-hybridized carbons (Fsp3) is 0.154. The number of ether oxygens (including phenoxy) is 2. The van der Waals surface area contributed by atoms with Crippen LogP contribution in [-0.4, -0.2) is 35.1 Å². The van der Waals surface area contributed by atoms with Crippen LogP contribution in [0.15, 0.2) is 73.1 Å². The number of pyridine rings is 3.